The summed E-state index contributed by atoms with van der Waals surface area (Å²) in [6, 6.07) is 7.84. The van der Waals surface area contributed by atoms with Gasteiger partial charge < -0.3 is 19.2 Å². The molecule has 0 saturated carbocycles. The summed E-state index contributed by atoms with van der Waals surface area (Å²) in [6.07, 6.45) is 1.59. The molecule has 0 atom stereocenters. The molecule has 1 N–H and O–H groups in total. The molecule has 0 aliphatic carbocycles. The van der Waals surface area contributed by atoms with Crippen LogP contribution in [0.2, 0.25) is 5.02 Å². The number of halogens is 2. The van der Waals surface area contributed by atoms with Gasteiger partial charge in [0.05, 0.1) is 47.3 Å². The average Bonchev–Trinajstić information content (AvgIpc) is 2.72. The molecule has 0 amide bonds. The van der Waals surface area contributed by atoms with Gasteiger partial charge in [-0.1, -0.05) is 23.2 Å². The van der Waals surface area contributed by atoms with E-state index in [9.17, 15) is 9.59 Å². The maximum absolute atomic E-state index is 12.4. The number of carbonyl (C=O) groups is 1. The molecule has 0 aliphatic rings. The Morgan fingerprint density at radius 3 is 2.67 bits per heavy atom. The lowest BCUT2D eigenvalue weighted by Gasteiger charge is -2.12. The molecule has 9 heteroatoms. The molecule has 2 aromatic carbocycles. The summed E-state index contributed by atoms with van der Waals surface area (Å²) in [5, 5.41) is 0.838. The molecular weight excluding hydrogens is 431 g/mol. The van der Waals surface area contributed by atoms with Crippen molar-refractivity contribution in [1.82, 2.24) is 9.97 Å². The van der Waals surface area contributed by atoms with Crippen LogP contribution in [0.15, 0.2) is 35.1 Å². The first-order valence-electron chi connectivity index (χ1n) is 8.88. The number of hydrogen-bond acceptors (Lipinski definition) is 6. The van der Waals surface area contributed by atoms with E-state index in [-0.39, 0.29) is 22.0 Å². The number of methoxy groups -OCH3 is 2. The maximum atomic E-state index is 12.4. The van der Waals surface area contributed by atoms with E-state index in [1.807, 2.05) is 6.92 Å². The highest BCUT2D eigenvalue weighted by Gasteiger charge is 2.13. The van der Waals surface area contributed by atoms with E-state index in [0.29, 0.717) is 39.6 Å². The van der Waals surface area contributed by atoms with Crippen molar-refractivity contribution >= 4 is 51.2 Å². The molecular formula is C21H18Cl2N2O5. The van der Waals surface area contributed by atoms with Gasteiger partial charge in [-0.25, -0.2) is 9.78 Å². The summed E-state index contributed by atoms with van der Waals surface area (Å²) in [7, 11) is 2.78. The van der Waals surface area contributed by atoms with Crippen molar-refractivity contribution in [2.45, 2.75) is 6.92 Å². The van der Waals surface area contributed by atoms with Gasteiger partial charge in [0.1, 0.15) is 0 Å². The highest BCUT2D eigenvalue weighted by molar-refractivity contribution is 6.50. The second-order valence-corrected chi connectivity index (χ2v) is 6.91. The second-order valence-electron chi connectivity index (χ2n) is 6.10. The first-order chi connectivity index (χ1) is 14.4. The van der Waals surface area contributed by atoms with Gasteiger partial charge in [-0.15, -0.1) is 0 Å². The standard InChI is InChI=1S/C21H18Cl2N2O5/c1-4-30-17-9-11(7-14(22)18(17)28-2)8-15(23)19-24-16-10-12(21(27)29-3)5-6-13(16)20(26)25-19/h5-10H,4H2,1-3H3,(H,24,25,26)/b15-8-. The molecule has 0 unspecified atom stereocenters. The fourth-order valence-electron chi connectivity index (χ4n) is 2.84. The van der Waals surface area contributed by atoms with Crippen LogP contribution in [0.4, 0.5) is 0 Å². The van der Waals surface area contributed by atoms with Crippen LogP contribution in [0.25, 0.3) is 22.0 Å². The number of benzene rings is 2. The van der Waals surface area contributed by atoms with Crippen molar-refractivity contribution in [1.29, 1.82) is 0 Å². The predicted octanol–water partition coefficient (Wildman–Crippen LogP) is 4.51. The zero-order valence-electron chi connectivity index (χ0n) is 16.4. The van der Waals surface area contributed by atoms with E-state index in [1.165, 1.54) is 32.4 Å². The smallest absolute Gasteiger partial charge is 0.337 e. The lowest BCUT2D eigenvalue weighted by molar-refractivity contribution is 0.0601. The predicted molar refractivity (Wildman–Crippen MR) is 117 cm³/mol. The van der Waals surface area contributed by atoms with Crippen molar-refractivity contribution in [2.75, 3.05) is 20.8 Å². The van der Waals surface area contributed by atoms with Crippen molar-refractivity contribution in [3.63, 3.8) is 0 Å². The molecule has 0 fully saturated rings. The monoisotopic (exact) mass is 448 g/mol. The first-order valence-corrected chi connectivity index (χ1v) is 9.63. The molecule has 3 rings (SSSR count). The molecule has 0 spiro atoms. The van der Waals surface area contributed by atoms with Crippen LogP contribution in [0.1, 0.15) is 28.7 Å². The second kappa shape index (κ2) is 9.19. The minimum absolute atomic E-state index is 0.140. The number of nitrogens with zero attached hydrogens (tertiary/aromatic N) is 1. The number of carbonyl (C=O) groups excluding carboxylic acids is 1. The molecule has 3 aromatic rings. The Morgan fingerprint density at radius 2 is 2.00 bits per heavy atom. The molecule has 1 aromatic heterocycles. The number of nitrogens with one attached hydrogen (secondary N) is 1. The van der Waals surface area contributed by atoms with Gasteiger partial charge in [-0.2, -0.15) is 0 Å². The Kier molecular flexibility index (Phi) is 6.64. The third kappa shape index (κ3) is 4.42. The Labute approximate surface area is 182 Å². The van der Waals surface area contributed by atoms with Gasteiger partial charge in [0.15, 0.2) is 17.3 Å². The number of aromatic amines is 1. The molecule has 0 radical (unpaired) electrons. The summed E-state index contributed by atoms with van der Waals surface area (Å²) in [5.41, 5.74) is 0.824. The SMILES string of the molecule is CCOc1cc(/C=C(\Cl)c2nc3cc(C(=O)OC)ccc3c(=O)[nH]2)cc(Cl)c1OC. The highest BCUT2D eigenvalue weighted by Crippen LogP contribution is 2.37. The van der Waals surface area contributed by atoms with Gasteiger partial charge in [-0.05, 0) is 48.9 Å². The van der Waals surface area contributed by atoms with Crippen LogP contribution in [-0.2, 0) is 4.74 Å². The van der Waals surface area contributed by atoms with Gasteiger partial charge >= 0.3 is 5.97 Å². The summed E-state index contributed by atoms with van der Waals surface area (Å²) in [4.78, 5) is 31.2. The molecule has 7 nitrogen and oxygen atoms in total. The number of esters is 1. The third-order valence-electron chi connectivity index (χ3n) is 4.18. The summed E-state index contributed by atoms with van der Waals surface area (Å²) >= 11 is 12.7. The van der Waals surface area contributed by atoms with E-state index in [4.69, 9.17) is 37.4 Å². The highest BCUT2D eigenvalue weighted by atomic mass is 35.5. The van der Waals surface area contributed by atoms with Crippen LogP contribution in [0.5, 0.6) is 11.5 Å². The Hall–Kier alpha value is -3.03. The van der Waals surface area contributed by atoms with Crippen molar-refractivity contribution in [3.8, 4) is 11.5 Å². The van der Waals surface area contributed by atoms with Crippen molar-refractivity contribution in [3.05, 3.63) is 62.7 Å². The maximum Gasteiger partial charge on any atom is 0.337 e. The van der Waals surface area contributed by atoms with Crippen LogP contribution >= 0.6 is 23.2 Å². The summed E-state index contributed by atoms with van der Waals surface area (Å²) in [5.74, 6) is 0.491. The third-order valence-corrected chi connectivity index (χ3v) is 4.75. The van der Waals surface area contributed by atoms with Gasteiger partial charge in [0, 0.05) is 0 Å². The minimum Gasteiger partial charge on any atom is -0.491 e. The van der Waals surface area contributed by atoms with Crippen LogP contribution in [0.3, 0.4) is 0 Å². The van der Waals surface area contributed by atoms with E-state index in [2.05, 4.69) is 9.97 Å². The summed E-state index contributed by atoms with van der Waals surface area (Å²) in [6.45, 7) is 2.27. The van der Waals surface area contributed by atoms with Crippen LogP contribution < -0.4 is 15.0 Å². The average molecular weight is 449 g/mol. The lowest BCUT2D eigenvalue weighted by atomic mass is 10.1. The zero-order valence-corrected chi connectivity index (χ0v) is 17.9. The first kappa shape index (κ1) is 21.7. The van der Waals surface area contributed by atoms with E-state index in [0.717, 1.165) is 0 Å². The molecule has 1 heterocycles. The normalized spacial score (nSPS) is 11.4. The zero-order chi connectivity index (χ0) is 21.8. The number of rotatable bonds is 6. The molecule has 156 valence electrons. The largest absolute Gasteiger partial charge is 0.491 e. The molecule has 0 saturated heterocycles. The Balaban J connectivity index is 2.07. The fourth-order valence-corrected chi connectivity index (χ4v) is 3.36. The number of H-pyrrole nitrogens is 1. The van der Waals surface area contributed by atoms with Gasteiger partial charge in [0.25, 0.3) is 5.56 Å². The Morgan fingerprint density at radius 1 is 1.23 bits per heavy atom. The van der Waals surface area contributed by atoms with Crippen LogP contribution in [-0.4, -0.2) is 36.8 Å². The summed E-state index contributed by atoms with van der Waals surface area (Å²) < 4.78 is 15.5. The molecule has 30 heavy (non-hydrogen) atoms. The molecule has 0 bridgehead atoms. The van der Waals surface area contributed by atoms with E-state index >= 15 is 0 Å². The Bertz CT molecular complexity index is 1200. The quantitative estimate of drug-likeness (QED) is 0.557. The van der Waals surface area contributed by atoms with Crippen molar-refractivity contribution < 1.29 is 19.0 Å². The lowest BCUT2D eigenvalue weighted by Crippen LogP contribution is -2.11. The topological polar surface area (TPSA) is 90.5 Å². The number of hydrogen-bond donors (Lipinski definition) is 1. The van der Waals surface area contributed by atoms with E-state index in [1.54, 1.807) is 18.2 Å². The number of aromatic nitrogens is 2. The van der Waals surface area contributed by atoms with E-state index < -0.39 is 5.97 Å². The number of ether oxygens (including phenoxy) is 3. The molecule has 0 aliphatic heterocycles. The number of fused-ring (bicyclic) bond motifs is 1. The van der Waals surface area contributed by atoms with Gasteiger partial charge in [0.2, 0.25) is 0 Å². The fraction of sp³-hybridized carbons (Fsp3) is 0.190. The minimum atomic E-state index is -0.529. The van der Waals surface area contributed by atoms with Crippen LogP contribution in [0, 0.1) is 0 Å². The van der Waals surface area contributed by atoms with Gasteiger partial charge in [-0.3, -0.25) is 4.79 Å². The van der Waals surface area contributed by atoms with Crippen molar-refractivity contribution in [2.24, 2.45) is 0 Å².